The van der Waals surface area contributed by atoms with Gasteiger partial charge in [0, 0.05) is 12.3 Å². The zero-order chi connectivity index (χ0) is 9.10. The van der Waals surface area contributed by atoms with E-state index >= 15 is 0 Å². The van der Waals surface area contributed by atoms with Crippen LogP contribution in [-0.4, -0.2) is 21.0 Å². The molecule has 2 heterocycles. The minimum absolute atomic E-state index is 0.416. The van der Waals surface area contributed by atoms with Crippen LogP contribution < -0.4 is 0 Å². The molecule has 0 amide bonds. The SMILES string of the molecule is O=Cc1cn(Cc2ccno2)cn1. The van der Waals surface area contributed by atoms with Gasteiger partial charge in [0.25, 0.3) is 0 Å². The highest BCUT2D eigenvalue weighted by molar-refractivity contribution is 5.70. The molecule has 0 aliphatic carbocycles. The van der Waals surface area contributed by atoms with Crippen molar-refractivity contribution in [2.75, 3.05) is 0 Å². The Kier molecular flexibility index (Phi) is 1.91. The van der Waals surface area contributed by atoms with Gasteiger partial charge in [-0.2, -0.15) is 0 Å². The van der Waals surface area contributed by atoms with E-state index in [1.54, 1.807) is 29.4 Å². The highest BCUT2D eigenvalue weighted by Gasteiger charge is 2.00. The Morgan fingerprint density at radius 1 is 1.62 bits per heavy atom. The van der Waals surface area contributed by atoms with Crippen LogP contribution in [0.25, 0.3) is 0 Å². The summed E-state index contributed by atoms with van der Waals surface area (Å²) in [7, 11) is 0. The normalized spacial score (nSPS) is 10.2. The van der Waals surface area contributed by atoms with Crippen LogP contribution in [0.15, 0.2) is 29.3 Å². The second kappa shape index (κ2) is 3.22. The molecular formula is C8H7N3O2. The van der Waals surface area contributed by atoms with Gasteiger partial charge in [0.2, 0.25) is 0 Å². The molecule has 0 radical (unpaired) electrons. The molecule has 0 saturated carbocycles. The number of nitrogens with zero attached hydrogens (tertiary/aromatic N) is 3. The molecule has 0 atom stereocenters. The highest BCUT2D eigenvalue weighted by Crippen LogP contribution is 2.01. The van der Waals surface area contributed by atoms with Crippen LogP contribution in [0, 0.1) is 0 Å². The summed E-state index contributed by atoms with van der Waals surface area (Å²) in [5.41, 5.74) is 0.416. The fourth-order valence-electron chi connectivity index (χ4n) is 1.03. The van der Waals surface area contributed by atoms with E-state index in [-0.39, 0.29) is 0 Å². The average molecular weight is 177 g/mol. The van der Waals surface area contributed by atoms with Gasteiger partial charge < -0.3 is 9.09 Å². The minimum Gasteiger partial charge on any atom is -0.359 e. The fraction of sp³-hybridized carbons (Fsp3) is 0.125. The number of carbonyl (C=O) groups is 1. The van der Waals surface area contributed by atoms with Gasteiger partial charge >= 0.3 is 0 Å². The molecule has 0 bridgehead atoms. The van der Waals surface area contributed by atoms with Gasteiger partial charge in [0.1, 0.15) is 5.69 Å². The third-order valence-electron chi connectivity index (χ3n) is 1.60. The van der Waals surface area contributed by atoms with Crippen LogP contribution in [-0.2, 0) is 6.54 Å². The number of carbonyl (C=O) groups excluding carboxylic acids is 1. The van der Waals surface area contributed by atoms with Gasteiger partial charge in [0.15, 0.2) is 12.0 Å². The molecule has 2 rings (SSSR count). The van der Waals surface area contributed by atoms with Gasteiger partial charge in [-0.3, -0.25) is 4.79 Å². The lowest BCUT2D eigenvalue weighted by molar-refractivity contribution is 0.111. The quantitative estimate of drug-likeness (QED) is 0.648. The van der Waals surface area contributed by atoms with E-state index < -0.39 is 0 Å². The maximum absolute atomic E-state index is 10.3. The molecule has 0 aliphatic heterocycles. The Bertz CT molecular complexity index is 391. The van der Waals surface area contributed by atoms with E-state index in [0.717, 1.165) is 5.76 Å². The largest absolute Gasteiger partial charge is 0.359 e. The standard InChI is InChI=1S/C8H7N3O2/c12-5-7-3-11(6-9-7)4-8-1-2-10-13-8/h1-3,5-6H,4H2. The number of hydrogen-bond donors (Lipinski definition) is 0. The molecule has 5 heteroatoms. The van der Waals surface area contributed by atoms with Gasteiger partial charge in [-0.15, -0.1) is 0 Å². The Labute approximate surface area is 74.0 Å². The predicted octanol–water partition coefficient (Wildman–Crippen LogP) is 0.732. The summed E-state index contributed by atoms with van der Waals surface area (Å²) < 4.78 is 6.65. The second-order valence-electron chi connectivity index (χ2n) is 2.57. The van der Waals surface area contributed by atoms with Crippen LogP contribution >= 0.6 is 0 Å². The predicted molar refractivity (Wildman–Crippen MR) is 43.2 cm³/mol. The first kappa shape index (κ1) is 7.72. The number of aromatic nitrogens is 3. The lowest BCUT2D eigenvalue weighted by Gasteiger charge is -1.94. The van der Waals surface area contributed by atoms with Crippen molar-refractivity contribution in [2.24, 2.45) is 0 Å². The number of aldehydes is 1. The topological polar surface area (TPSA) is 60.9 Å². The summed E-state index contributed by atoms with van der Waals surface area (Å²) in [6.07, 6.45) is 5.51. The molecular weight excluding hydrogens is 170 g/mol. The van der Waals surface area contributed by atoms with E-state index in [9.17, 15) is 4.79 Å². The molecule has 0 N–H and O–H groups in total. The number of imidazole rings is 1. The summed E-state index contributed by atoms with van der Waals surface area (Å²) in [4.78, 5) is 14.2. The van der Waals surface area contributed by atoms with Gasteiger partial charge in [-0.05, 0) is 0 Å². The van der Waals surface area contributed by atoms with Crippen molar-refractivity contribution >= 4 is 6.29 Å². The molecule has 2 aromatic rings. The molecule has 0 saturated heterocycles. The summed E-state index contributed by atoms with van der Waals surface area (Å²) in [5.74, 6) is 0.731. The smallest absolute Gasteiger partial charge is 0.169 e. The minimum atomic E-state index is 0.416. The first-order chi connectivity index (χ1) is 6.38. The van der Waals surface area contributed by atoms with Crippen LogP contribution in [0.2, 0.25) is 0 Å². The zero-order valence-electron chi connectivity index (χ0n) is 6.75. The third-order valence-corrected chi connectivity index (χ3v) is 1.60. The van der Waals surface area contributed by atoms with Crippen molar-refractivity contribution in [2.45, 2.75) is 6.54 Å². The molecule has 0 aromatic carbocycles. The summed E-state index contributed by atoms with van der Waals surface area (Å²) in [6.45, 7) is 0.542. The summed E-state index contributed by atoms with van der Waals surface area (Å²) in [5, 5.41) is 3.57. The first-order valence-electron chi connectivity index (χ1n) is 3.75. The van der Waals surface area contributed by atoms with E-state index in [1.807, 2.05) is 0 Å². The van der Waals surface area contributed by atoms with Crippen molar-refractivity contribution in [1.29, 1.82) is 0 Å². The van der Waals surface area contributed by atoms with E-state index in [2.05, 4.69) is 10.1 Å². The maximum atomic E-state index is 10.3. The zero-order valence-corrected chi connectivity index (χ0v) is 6.75. The molecule has 66 valence electrons. The molecule has 0 aliphatic rings. The summed E-state index contributed by atoms with van der Waals surface area (Å²) >= 11 is 0. The van der Waals surface area contributed by atoms with Gasteiger partial charge in [-0.1, -0.05) is 5.16 Å². The van der Waals surface area contributed by atoms with Gasteiger partial charge in [-0.25, -0.2) is 4.98 Å². The Morgan fingerprint density at radius 2 is 2.54 bits per heavy atom. The molecule has 5 nitrogen and oxygen atoms in total. The van der Waals surface area contributed by atoms with E-state index in [1.165, 1.54) is 0 Å². The van der Waals surface area contributed by atoms with Gasteiger partial charge in [0.05, 0.1) is 19.1 Å². The molecule has 0 fully saturated rings. The molecule has 2 aromatic heterocycles. The average Bonchev–Trinajstić information content (AvgIpc) is 2.76. The molecule has 0 spiro atoms. The van der Waals surface area contributed by atoms with Crippen molar-refractivity contribution < 1.29 is 9.32 Å². The first-order valence-corrected chi connectivity index (χ1v) is 3.75. The Morgan fingerprint density at radius 3 is 3.15 bits per heavy atom. The van der Waals surface area contributed by atoms with Crippen molar-refractivity contribution in [3.63, 3.8) is 0 Å². The Balaban J connectivity index is 2.14. The highest BCUT2D eigenvalue weighted by atomic mass is 16.5. The van der Waals surface area contributed by atoms with Crippen LogP contribution in [0.1, 0.15) is 16.2 Å². The molecule has 13 heavy (non-hydrogen) atoms. The Hall–Kier alpha value is -1.91. The fourth-order valence-corrected chi connectivity index (χ4v) is 1.03. The summed E-state index contributed by atoms with van der Waals surface area (Å²) in [6, 6.07) is 1.76. The van der Waals surface area contributed by atoms with Crippen LogP contribution in [0.3, 0.4) is 0 Å². The van der Waals surface area contributed by atoms with E-state index in [4.69, 9.17) is 4.52 Å². The lowest BCUT2D eigenvalue weighted by Crippen LogP contribution is -1.94. The van der Waals surface area contributed by atoms with Crippen molar-refractivity contribution in [3.8, 4) is 0 Å². The van der Waals surface area contributed by atoms with Crippen molar-refractivity contribution in [3.05, 3.63) is 36.2 Å². The number of hydrogen-bond acceptors (Lipinski definition) is 4. The monoisotopic (exact) mass is 177 g/mol. The number of rotatable bonds is 3. The third kappa shape index (κ3) is 1.64. The second-order valence-corrected chi connectivity index (χ2v) is 2.57. The van der Waals surface area contributed by atoms with Crippen LogP contribution in [0.5, 0.6) is 0 Å². The molecule has 0 unspecified atom stereocenters. The van der Waals surface area contributed by atoms with E-state index in [0.29, 0.717) is 18.5 Å². The van der Waals surface area contributed by atoms with Crippen molar-refractivity contribution in [1.82, 2.24) is 14.7 Å². The van der Waals surface area contributed by atoms with Crippen LogP contribution in [0.4, 0.5) is 0 Å². The maximum Gasteiger partial charge on any atom is 0.169 e. The lowest BCUT2D eigenvalue weighted by atomic mass is 10.4.